The zero-order valence-corrected chi connectivity index (χ0v) is 17.3. The van der Waals surface area contributed by atoms with E-state index >= 15 is 0 Å². The second-order valence-corrected chi connectivity index (χ2v) is 8.36. The quantitative estimate of drug-likeness (QED) is 0.426. The van der Waals surface area contributed by atoms with Crippen molar-refractivity contribution in [2.75, 3.05) is 4.90 Å². The first-order chi connectivity index (χ1) is 15.0. The molecule has 1 atom stereocenters. The van der Waals surface area contributed by atoms with Gasteiger partial charge in [0.1, 0.15) is 6.10 Å². The Morgan fingerprint density at radius 3 is 2.06 bits per heavy atom. The highest BCUT2D eigenvalue weighted by molar-refractivity contribution is 6.35. The topological polar surface area (TPSA) is 63.7 Å². The van der Waals surface area contributed by atoms with E-state index in [1.807, 2.05) is 31.2 Å². The normalized spacial score (nSPS) is 17.3. The fourth-order valence-corrected chi connectivity index (χ4v) is 4.77. The molecule has 1 unspecified atom stereocenters. The maximum Gasteiger partial charge on any atom is 0.338 e. The fourth-order valence-electron chi connectivity index (χ4n) is 4.77. The Kier molecular flexibility index (Phi) is 4.81. The molecule has 1 fully saturated rings. The van der Waals surface area contributed by atoms with Crippen molar-refractivity contribution < 1.29 is 19.1 Å². The largest absolute Gasteiger partial charge is 0.459 e. The van der Waals surface area contributed by atoms with Crippen molar-refractivity contribution in [3.8, 4) is 0 Å². The third kappa shape index (κ3) is 3.30. The van der Waals surface area contributed by atoms with Gasteiger partial charge in [0.05, 0.1) is 11.3 Å². The summed E-state index contributed by atoms with van der Waals surface area (Å²) >= 11 is 0. The minimum absolute atomic E-state index is 0.114. The molecule has 5 rings (SSSR count). The summed E-state index contributed by atoms with van der Waals surface area (Å²) in [6.07, 6.45) is 4.46. The summed E-state index contributed by atoms with van der Waals surface area (Å²) in [5.41, 5.74) is 1.85. The van der Waals surface area contributed by atoms with Crippen molar-refractivity contribution in [2.45, 2.75) is 38.7 Å². The molecule has 5 nitrogen and oxygen atoms in total. The van der Waals surface area contributed by atoms with E-state index in [4.69, 9.17) is 4.74 Å². The Morgan fingerprint density at radius 1 is 0.903 bits per heavy atom. The molecular weight excluding hydrogens is 390 g/mol. The fraction of sp³-hybridized carbons (Fsp3) is 0.269. The van der Waals surface area contributed by atoms with Crippen molar-refractivity contribution in [1.82, 2.24) is 0 Å². The maximum absolute atomic E-state index is 13.1. The molecule has 0 N–H and O–H groups in total. The van der Waals surface area contributed by atoms with Crippen LogP contribution in [0.3, 0.4) is 0 Å². The highest BCUT2D eigenvalue weighted by atomic mass is 16.5. The van der Waals surface area contributed by atoms with Crippen LogP contribution in [-0.4, -0.2) is 23.9 Å². The summed E-state index contributed by atoms with van der Waals surface area (Å²) in [6, 6.07) is 17.4. The number of carbonyl (C=O) groups excluding carboxylic acids is 3. The Hall–Kier alpha value is -3.47. The van der Waals surface area contributed by atoms with Gasteiger partial charge in [0.15, 0.2) is 0 Å². The van der Waals surface area contributed by atoms with Gasteiger partial charge in [0, 0.05) is 16.5 Å². The number of ether oxygens (including phenoxy) is 1. The van der Waals surface area contributed by atoms with E-state index in [9.17, 15) is 14.4 Å². The van der Waals surface area contributed by atoms with Gasteiger partial charge in [-0.05, 0) is 67.5 Å². The molecule has 1 aliphatic carbocycles. The summed E-state index contributed by atoms with van der Waals surface area (Å²) in [4.78, 5) is 40.0. The number of carbonyl (C=O) groups is 3. The molecule has 31 heavy (non-hydrogen) atoms. The average molecular weight is 413 g/mol. The highest BCUT2D eigenvalue weighted by Crippen LogP contribution is 2.33. The molecule has 0 radical (unpaired) electrons. The Labute approximate surface area is 180 Å². The first-order valence-electron chi connectivity index (χ1n) is 10.8. The number of esters is 1. The van der Waals surface area contributed by atoms with Crippen LogP contribution in [0.1, 0.15) is 63.7 Å². The van der Waals surface area contributed by atoms with Gasteiger partial charge < -0.3 is 4.74 Å². The number of amides is 2. The Morgan fingerprint density at radius 2 is 1.48 bits per heavy atom. The minimum atomic E-state index is -0.377. The lowest BCUT2D eigenvalue weighted by atomic mass is 9.93. The third-order valence-corrected chi connectivity index (χ3v) is 6.49. The number of hydrogen-bond acceptors (Lipinski definition) is 4. The molecule has 0 saturated heterocycles. The second kappa shape index (κ2) is 7.65. The van der Waals surface area contributed by atoms with Crippen LogP contribution in [0.15, 0.2) is 60.7 Å². The van der Waals surface area contributed by atoms with Crippen LogP contribution in [0.25, 0.3) is 10.8 Å². The summed E-state index contributed by atoms with van der Waals surface area (Å²) in [5.74, 6) is -0.675. The van der Waals surface area contributed by atoms with Crippen molar-refractivity contribution in [1.29, 1.82) is 0 Å². The molecule has 1 heterocycles. The van der Waals surface area contributed by atoms with E-state index in [1.165, 1.54) is 17.7 Å². The lowest BCUT2D eigenvalue weighted by Gasteiger charge is -2.27. The number of hydrogen-bond donors (Lipinski definition) is 0. The van der Waals surface area contributed by atoms with Crippen LogP contribution in [0.4, 0.5) is 5.69 Å². The summed E-state index contributed by atoms with van der Waals surface area (Å²) < 4.78 is 5.65. The van der Waals surface area contributed by atoms with Gasteiger partial charge in [-0.2, -0.15) is 0 Å². The first kappa shape index (κ1) is 19.5. The molecule has 3 aromatic rings. The van der Waals surface area contributed by atoms with Crippen LogP contribution >= 0.6 is 0 Å². The van der Waals surface area contributed by atoms with E-state index < -0.39 is 0 Å². The van der Waals surface area contributed by atoms with Gasteiger partial charge >= 0.3 is 5.97 Å². The van der Waals surface area contributed by atoms with Crippen LogP contribution < -0.4 is 4.90 Å². The van der Waals surface area contributed by atoms with Gasteiger partial charge in [-0.1, -0.05) is 37.1 Å². The summed E-state index contributed by atoms with van der Waals surface area (Å²) in [6.45, 7) is 1.95. The SMILES string of the molecule is CC(OC(=O)c1ccc(N2C(=O)c3cccc4cccc(c34)C2=O)cc1)C1CCCC1. The number of benzene rings is 3. The van der Waals surface area contributed by atoms with Crippen LogP contribution in [0, 0.1) is 5.92 Å². The Bertz CT molecular complexity index is 1140. The number of nitrogens with zero attached hydrogens (tertiary/aromatic N) is 1. The van der Waals surface area contributed by atoms with Gasteiger partial charge in [-0.3, -0.25) is 9.59 Å². The van der Waals surface area contributed by atoms with Gasteiger partial charge in [-0.25, -0.2) is 9.69 Å². The summed E-state index contributed by atoms with van der Waals surface area (Å²) in [5, 5.41) is 1.56. The zero-order chi connectivity index (χ0) is 21.5. The van der Waals surface area contributed by atoms with E-state index in [0.29, 0.717) is 33.7 Å². The smallest absolute Gasteiger partial charge is 0.338 e. The molecule has 2 aliphatic rings. The van der Waals surface area contributed by atoms with Crippen LogP contribution in [0.5, 0.6) is 0 Å². The molecule has 156 valence electrons. The molecular formula is C26H23NO4. The molecule has 2 amide bonds. The van der Waals surface area contributed by atoms with E-state index in [-0.39, 0.29) is 23.9 Å². The van der Waals surface area contributed by atoms with E-state index in [2.05, 4.69) is 0 Å². The van der Waals surface area contributed by atoms with Crippen molar-refractivity contribution in [3.05, 3.63) is 77.4 Å². The third-order valence-electron chi connectivity index (χ3n) is 6.49. The predicted molar refractivity (Wildman–Crippen MR) is 118 cm³/mol. The number of rotatable bonds is 4. The molecule has 5 heteroatoms. The monoisotopic (exact) mass is 413 g/mol. The molecule has 3 aromatic carbocycles. The molecule has 1 saturated carbocycles. The number of imide groups is 1. The second-order valence-electron chi connectivity index (χ2n) is 8.36. The molecule has 1 aliphatic heterocycles. The van der Waals surface area contributed by atoms with E-state index in [1.54, 1.807) is 36.4 Å². The predicted octanol–water partition coefficient (Wildman–Crippen LogP) is 5.38. The summed E-state index contributed by atoms with van der Waals surface area (Å²) in [7, 11) is 0. The molecule has 0 spiro atoms. The van der Waals surface area contributed by atoms with Crippen LogP contribution in [0.2, 0.25) is 0 Å². The van der Waals surface area contributed by atoms with Gasteiger partial charge in [0.2, 0.25) is 0 Å². The average Bonchev–Trinajstić information content (AvgIpc) is 3.33. The maximum atomic E-state index is 13.1. The first-order valence-corrected chi connectivity index (χ1v) is 10.8. The van der Waals surface area contributed by atoms with Crippen molar-refractivity contribution in [2.24, 2.45) is 5.92 Å². The minimum Gasteiger partial charge on any atom is -0.459 e. The highest BCUT2D eigenvalue weighted by Gasteiger charge is 2.34. The lowest BCUT2D eigenvalue weighted by Crippen LogP contribution is -2.40. The van der Waals surface area contributed by atoms with Crippen molar-refractivity contribution in [3.63, 3.8) is 0 Å². The molecule has 0 bridgehead atoms. The van der Waals surface area contributed by atoms with E-state index in [0.717, 1.165) is 18.2 Å². The lowest BCUT2D eigenvalue weighted by molar-refractivity contribution is 0.0204. The number of anilines is 1. The zero-order valence-electron chi connectivity index (χ0n) is 17.3. The van der Waals surface area contributed by atoms with Crippen LogP contribution in [-0.2, 0) is 4.74 Å². The van der Waals surface area contributed by atoms with Crippen molar-refractivity contribution >= 4 is 34.2 Å². The standard InChI is InChI=1S/C26H23NO4/c1-16(17-6-2-3-7-17)31-26(30)19-12-14-20(15-13-19)27-24(28)21-10-4-8-18-9-5-11-22(23(18)21)25(27)29/h4-5,8-17H,2-3,6-7H2,1H3. The Balaban J connectivity index is 1.40. The van der Waals surface area contributed by atoms with Gasteiger partial charge in [-0.15, -0.1) is 0 Å². The molecule has 0 aromatic heterocycles. The van der Waals surface area contributed by atoms with Gasteiger partial charge in [0.25, 0.3) is 11.8 Å².